The van der Waals surface area contributed by atoms with E-state index in [1.54, 1.807) is 0 Å². The molecule has 0 aliphatic heterocycles. The highest BCUT2D eigenvalue weighted by Gasteiger charge is 2.31. The zero-order valence-corrected chi connectivity index (χ0v) is 6.92. The van der Waals surface area contributed by atoms with Crippen molar-refractivity contribution in [2.24, 2.45) is 11.7 Å². The van der Waals surface area contributed by atoms with Crippen LogP contribution in [0.1, 0.15) is 19.3 Å². The molecular formula is C7H12ClNO2. The summed E-state index contributed by atoms with van der Waals surface area (Å²) in [5.74, 6) is -1.26. The van der Waals surface area contributed by atoms with Gasteiger partial charge in [0.1, 0.15) is 0 Å². The predicted octanol–water partition coefficient (Wildman–Crippen LogP) is 0.806. The Morgan fingerprint density at radius 3 is 2.64 bits per heavy atom. The highest BCUT2D eigenvalue weighted by atomic mass is 35.5. The van der Waals surface area contributed by atoms with Gasteiger partial charge < -0.3 is 10.8 Å². The first-order valence-corrected chi connectivity index (χ1v) is 4.17. The lowest BCUT2D eigenvalue weighted by Crippen LogP contribution is -2.40. The largest absolute Gasteiger partial charge is 0.481 e. The van der Waals surface area contributed by atoms with Gasteiger partial charge in [-0.15, -0.1) is 11.6 Å². The van der Waals surface area contributed by atoms with E-state index in [0.717, 1.165) is 12.8 Å². The average molecular weight is 178 g/mol. The van der Waals surface area contributed by atoms with Gasteiger partial charge >= 0.3 is 5.97 Å². The van der Waals surface area contributed by atoms with Crippen molar-refractivity contribution >= 4 is 17.6 Å². The van der Waals surface area contributed by atoms with Gasteiger partial charge in [-0.2, -0.15) is 0 Å². The van der Waals surface area contributed by atoms with Gasteiger partial charge in [0.15, 0.2) is 0 Å². The topological polar surface area (TPSA) is 63.3 Å². The first kappa shape index (κ1) is 8.81. The molecule has 1 aliphatic rings. The lowest BCUT2D eigenvalue weighted by molar-refractivity contribution is -0.143. The van der Waals surface area contributed by atoms with E-state index in [9.17, 15) is 4.79 Å². The second kappa shape index (κ2) is 3.41. The van der Waals surface area contributed by atoms with E-state index in [4.69, 9.17) is 22.4 Å². The number of hydrogen-bond donors (Lipinski definition) is 2. The number of hydrogen-bond acceptors (Lipinski definition) is 2. The van der Waals surface area contributed by atoms with Crippen molar-refractivity contribution in [3.8, 4) is 0 Å². The molecule has 0 aromatic carbocycles. The third-order valence-electron chi connectivity index (χ3n) is 2.16. The van der Waals surface area contributed by atoms with Gasteiger partial charge in [-0.3, -0.25) is 4.79 Å². The van der Waals surface area contributed by atoms with Gasteiger partial charge in [-0.1, -0.05) is 0 Å². The molecule has 0 aromatic heterocycles. The van der Waals surface area contributed by atoms with E-state index < -0.39 is 11.9 Å². The van der Waals surface area contributed by atoms with Crippen molar-refractivity contribution in [3.05, 3.63) is 0 Å². The van der Waals surface area contributed by atoms with Crippen LogP contribution in [0, 0.1) is 5.92 Å². The van der Waals surface area contributed by atoms with Gasteiger partial charge in [-0.25, -0.2) is 0 Å². The molecule has 0 bridgehead atoms. The van der Waals surface area contributed by atoms with Gasteiger partial charge in [0, 0.05) is 11.4 Å². The Kier molecular flexibility index (Phi) is 2.73. The highest BCUT2D eigenvalue weighted by Crippen LogP contribution is 2.27. The summed E-state index contributed by atoms with van der Waals surface area (Å²) < 4.78 is 0. The molecule has 0 radical (unpaired) electrons. The van der Waals surface area contributed by atoms with Crippen LogP contribution < -0.4 is 5.73 Å². The summed E-state index contributed by atoms with van der Waals surface area (Å²) in [5.41, 5.74) is 5.60. The van der Waals surface area contributed by atoms with Crippen molar-refractivity contribution in [1.29, 1.82) is 0 Å². The van der Waals surface area contributed by atoms with Crippen molar-refractivity contribution in [2.45, 2.75) is 30.7 Å². The van der Waals surface area contributed by atoms with E-state index in [2.05, 4.69) is 0 Å². The second-order valence-corrected chi connectivity index (χ2v) is 3.64. The highest BCUT2D eigenvalue weighted by molar-refractivity contribution is 6.20. The molecule has 4 heteroatoms. The van der Waals surface area contributed by atoms with Crippen LogP contribution in [0.5, 0.6) is 0 Å². The first-order valence-electron chi connectivity index (χ1n) is 3.73. The molecule has 1 fully saturated rings. The quantitative estimate of drug-likeness (QED) is 0.583. The molecule has 0 saturated heterocycles. The van der Waals surface area contributed by atoms with Crippen LogP contribution in [0.15, 0.2) is 0 Å². The molecule has 11 heavy (non-hydrogen) atoms. The zero-order chi connectivity index (χ0) is 8.43. The number of carbonyl (C=O) groups is 1. The molecule has 3 unspecified atom stereocenters. The number of alkyl halides is 1. The van der Waals surface area contributed by atoms with Gasteiger partial charge in [0.05, 0.1) is 5.92 Å². The van der Waals surface area contributed by atoms with Crippen LogP contribution in [0.3, 0.4) is 0 Å². The molecule has 0 aromatic rings. The minimum absolute atomic E-state index is 0.00380. The van der Waals surface area contributed by atoms with Gasteiger partial charge in [0.2, 0.25) is 0 Å². The average Bonchev–Trinajstić information content (AvgIpc) is 1.94. The summed E-state index contributed by atoms with van der Waals surface area (Å²) >= 11 is 5.80. The number of rotatable bonds is 1. The Labute approximate surface area is 70.5 Å². The summed E-state index contributed by atoms with van der Waals surface area (Å²) in [5, 5.41) is 8.68. The maximum atomic E-state index is 10.6. The number of nitrogens with two attached hydrogens (primary N) is 1. The van der Waals surface area contributed by atoms with Crippen molar-refractivity contribution in [2.75, 3.05) is 0 Å². The summed E-state index contributed by atoms with van der Waals surface area (Å²) in [6.45, 7) is 0. The van der Waals surface area contributed by atoms with Gasteiger partial charge in [-0.05, 0) is 19.3 Å². The number of halogens is 1. The maximum Gasteiger partial charge on any atom is 0.308 e. The van der Waals surface area contributed by atoms with Gasteiger partial charge in [0.25, 0.3) is 0 Å². The Hall–Kier alpha value is -0.280. The van der Waals surface area contributed by atoms with E-state index in [-0.39, 0.29) is 11.4 Å². The van der Waals surface area contributed by atoms with Crippen LogP contribution in [-0.4, -0.2) is 22.5 Å². The standard InChI is InChI=1S/C7H12ClNO2/c8-4-1-2-6(9)5(3-4)7(10)11/h4-6H,1-3,9H2,(H,10,11). The fourth-order valence-corrected chi connectivity index (χ4v) is 1.74. The van der Waals surface area contributed by atoms with Crippen molar-refractivity contribution in [1.82, 2.24) is 0 Å². The molecule has 1 rings (SSSR count). The number of carboxylic acid groups (broad SMARTS) is 1. The fourth-order valence-electron chi connectivity index (χ4n) is 1.43. The maximum absolute atomic E-state index is 10.6. The molecule has 3 atom stereocenters. The lowest BCUT2D eigenvalue weighted by atomic mass is 9.85. The Morgan fingerprint density at radius 1 is 1.55 bits per heavy atom. The molecule has 3 nitrogen and oxygen atoms in total. The first-order chi connectivity index (χ1) is 5.11. The SMILES string of the molecule is NC1CCC(Cl)CC1C(=O)O. The Bertz CT molecular complexity index is 163. The van der Waals surface area contributed by atoms with E-state index >= 15 is 0 Å². The molecule has 64 valence electrons. The summed E-state index contributed by atoms with van der Waals surface area (Å²) in [7, 11) is 0. The van der Waals surface area contributed by atoms with E-state index in [1.165, 1.54) is 0 Å². The molecule has 0 heterocycles. The van der Waals surface area contributed by atoms with Crippen LogP contribution in [-0.2, 0) is 4.79 Å². The van der Waals surface area contributed by atoms with Crippen molar-refractivity contribution < 1.29 is 9.90 Å². The van der Waals surface area contributed by atoms with Crippen LogP contribution in [0.4, 0.5) is 0 Å². The van der Waals surface area contributed by atoms with Crippen LogP contribution in [0.25, 0.3) is 0 Å². The lowest BCUT2D eigenvalue weighted by Gasteiger charge is -2.27. The minimum Gasteiger partial charge on any atom is -0.481 e. The Balaban J connectivity index is 2.54. The van der Waals surface area contributed by atoms with Crippen LogP contribution >= 0.6 is 11.6 Å². The summed E-state index contributed by atoms with van der Waals surface area (Å²) in [6.07, 6.45) is 2.08. The fraction of sp³-hybridized carbons (Fsp3) is 0.857. The second-order valence-electron chi connectivity index (χ2n) is 3.02. The smallest absolute Gasteiger partial charge is 0.308 e. The minimum atomic E-state index is -0.817. The van der Waals surface area contributed by atoms with E-state index in [0.29, 0.717) is 6.42 Å². The van der Waals surface area contributed by atoms with E-state index in [1.807, 2.05) is 0 Å². The monoisotopic (exact) mass is 177 g/mol. The molecule has 0 amide bonds. The molecule has 0 spiro atoms. The molecular weight excluding hydrogens is 166 g/mol. The van der Waals surface area contributed by atoms with Crippen LogP contribution in [0.2, 0.25) is 0 Å². The molecule has 3 N–H and O–H groups in total. The summed E-state index contributed by atoms with van der Waals surface area (Å²) in [6, 6.07) is -0.206. The van der Waals surface area contributed by atoms with Crippen molar-refractivity contribution in [3.63, 3.8) is 0 Å². The number of carboxylic acids is 1. The summed E-state index contributed by atoms with van der Waals surface area (Å²) in [4.78, 5) is 10.6. The normalized spacial score (nSPS) is 38.5. The predicted molar refractivity (Wildman–Crippen MR) is 42.6 cm³/mol. The zero-order valence-electron chi connectivity index (χ0n) is 6.16. The molecule has 1 aliphatic carbocycles. The molecule has 1 saturated carbocycles. The third-order valence-corrected chi connectivity index (χ3v) is 2.55. The number of aliphatic carboxylic acids is 1. The Morgan fingerprint density at radius 2 is 2.18 bits per heavy atom. The third kappa shape index (κ3) is 2.07.